The first-order valence-electron chi connectivity index (χ1n) is 9.97. The van der Waals surface area contributed by atoms with E-state index in [0.717, 1.165) is 37.5 Å². The minimum absolute atomic E-state index is 0.0169. The van der Waals surface area contributed by atoms with E-state index in [9.17, 15) is 14.7 Å². The topological polar surface area (TPSA) is 54.4 Å². The molecule has 25 heavy (non-hydrogen) atoms. The summed E-state index contributed by atoms with van der Waals surface area (Å²) in [6.45, 7) is 6.71. The lowest BCUT2D eigenvalue weighted by Crippen LogP contribution is -2.56. The molecule has 136 valence electrons. The van der Waals surface area contributed by atoms with Crippen molar-refractivity contribution in [3.05, 3.63) is 23.3 Å². The van der Waals surface area contributed by atoms with Crippen molar-refractivity contribution in [3.8, 4) is 0 Å². The highest BCUT2D eigenvalue weighted by Crippen LogP contribution is 2.67. The molecule has 0 spiro atoms. The maximum atomic E-state index is 12.0. The number of allylic oxidation sites excluding steroid dienone is 4. The summed E-state index contributed by atoms with van der Waals surface area (Å²) in [5.41, 5.74) is 1.39. The van der Waals surface area contributed by atoms with Gasteiger partial charge >= 0.3 is 0 Å². The molecule has 0 radical (unpaired) electrons. The van der Waals surface area contributed by atoms with Crippen molar-refractivity contribution in [2.75, 3.05) is 0 Å². The molecule has 0 aliphatic heterocycles. The molecule has 0 heterocycles. The summed E-state index contributed by atoms with van der Waals surface area (Å²) in [7, 11) is 0. The second kappa shape index (κ2) is 5.64. The van der Waals surface area contributed by atoms with Gasteiger partial charge in [-0.15, -0.1) is 0 Å². The van der Waals surface area contributed by atoms with Crippen LogP contribution in [0.3, 0.4) is 0 Å². The summed E-state index contributed by atoms with van der Waals surface area (Å²) in [6, 6.07) is 0. The third-order valence-electron chi connectivity index (χ3n) is 8.72. The largest absolute Gasteiger partial charge is 0.393 e. The average Bonchev–Trinajstić information content (AvgIpc) is 2.94. The zero-order valence-electron chi connectivity index (χ0n) is 15.6. The number of carbonyl (C=O) groups excluding carboxylic acids is 2. The molecule has 4 aliphatic rings. The minimum atomic E-state index is -0.370. The smallest absolute Gasteiger partial charge is 0.179 e. The van der Waals surface area contributed by atoms with Crippen LogP contribution in [0.15, 0.2) is 23.3 Å². The zero-order valence-corrected chi connectivity index (χ0v) is 15.6. The molecule has 3 fully saturated rings. The SMILES string of the molecule is CC[C@H]1CC[C@H]2[C@@H]3CCC4=CC(=O)C=C(C=O)[C@]4(C)[C@H]3CC(O)[C@]12C. The highest BCUT2D eigenvalue weighted by molar-refractivity contribution is 6.05. The third-order valence-corrected chi connectivity index (χ3v) is 8.72. The van der Waals surface area contributed by atoms with Crippen LogP contribution in [0.1, 0.15) is 59.3 Å². The van der Waals surface area contributed by atoms with Crippen LogP contribution in [0, 0.1) is 34.5 Å². The molecular weight excluding hydrogens is 312 g/mol. The fraction of sp³-hybridized carbons (Fsp3) is 0.727. The van der Waals surface area contributed by atoms with Crippen LogP contribution in [0.25, 0.3) is 0 Å². The molecule has 0 bridgehead atoms. The number of aliphatic hydroxyl groups is 1. The molecule has 1 N–H and O–H groups in total. The van der Waals surface area contributed by atoms with E-state index in [1.54, 1.807) is 6.08 Å². The van der Waals surface area contributed by atoms with Gasteiger partial charge in [-0.1, -0.05) is 32.8 Å². The first kappa shape index (κ1) is 17.2. The third kappa shape index (κ3) is 2.08. The highest BCUT2D eigenvalue weighted by Gasteiger charge is 2.62. The Kier molecular flexibility index (Phi) is 3.88. The molecule has 0 aromatic heterocycles. The van der Waals surface area contributed by atoms with E-state index in [1.165, 1.54) is 18.9 Å². The number of aliphatic hydroxyl groups excluding tert-OH is 1. The quantitative estimate of drug-likeness (QED) is 0.775. The monoisotopic (exact) mass is 342 g/mol. The van der Waals surface area contributed by atoms with Crippen LogP contribution in [0.5, 0.6) is 0 Å². The maximum Gasteiger partial charge on any atom is 0.179 e. The van der Waals surface area contributed by atoms with Gasteiger partial charge in [0.2, 0.25) is 0 Å². The molecule has 3 saturated carbocycles. The van der Waals surface area contributed by atoms with Gasteiger partial charge in [0.25, 0.3) is 0 Å². The van der Waals surface area contributed by atoms with Crippen LogP contribution in [-0.4, -0.2) is 23.3 Å². The van der Waals surface area contributed by atoms with E-state index >= 15 is 0 Å². The molecule has 3 nitrogen and oxygen atoms in total. The van der Waals surface area contributed by atoms with E-state index < -0.39 is 0 Å². The van der Waals surface area contributed by atoms with Crippen LogP contribution in [0.4, 0.5) is 0 Å². The fourth-order valence-electron chi connectivity index (χ4n) is 7.27. The zero-order chi connectivity index (χ0) is 18.0. The molecule has 0 aromatic rings. The second-order valence-corrected chi connectivity index (χ2v) is 9.21. The number of aldehydes is 1. The van der Waals surface area contributed by atoms with Gasteiger partial charge in [-0.2, -0.15) is 0 Å². The van der Waals surface area contributed by atoms with Crippen LogP contribution in [0.2, 0.25) is 0 Å². The van der Waals surface area contributed by atoms with E-state index in [-0.39, 0.29) is 28.6 Å². The van der Waals surface area contributed by atoms with Gasteiger partial charge in [0.05, 0.1) is 6.10 Å². The Hall–Kier alpha value is -1.22. The Morgan fingerprint density at radius 3 is 2.64 bits per heavy atom. The van der Waals surface area contributed by atoms with E-state index in [4.69, 9.17) is 0 Å². The van der Waals surface area contributed by atoms with Crippen LogP contribution in [-0.2, 0) is 9.59 Å². The Morgan fingerprint density at radius 1 is 1.20 bits per heavy atom. The van der Waals surface area contributed by atoms with Crippen molar-refractivity contribution < 1.29 is 14.7 Å². The molecule has 1 unspecified atom stereocenters. The van der Waals surface area contributed by atoms with Crippen molar-refractivity contribution in [1.29, 1.82) is 0 Å². The average molecular weight is 342 g/mol. The van der Waals surface area contributed by atoms with Gasteiger partial charge in [-0.3, -0.25) is 9.59 Å². The van der Waals surface area contributed by atoms with Crippen molar-refractivity contribution in [2.24, 2.45) is 34.5 Å². The predicted octanol–water partition coefficient (Wildman–Crippen LogP) is 3.86. The summed E-state index contributed by atoms with van der Waals surface area (Å²) < 4.78 is 0. The Morgan fingerprint density at radius 2 is 1.96 bits per heavy atom. The molecule has 7 atom stereocenters. The molecular formula is C22H30O3. The molecule has 0 aromatic carbocycles. The number of fused-ring (bicyclic) bond motifs is 5. The van der Waals surface area contributed by atoms with E-state index in [2.05, 4.69) is 20.8 Å². The molecule has 4 rings (SSSR count). The Bertz CT molecular complexity index is 675. The molecule has 3 heteroatoms. The van der Waals surface area contributed by atoms with E-state index in [0.29, 0.717) is 23.3 Å². The number of carbonyl (C=O) groups is 2. The number of hydrogen-bond donors (Lipinski definition) is 1. The van der Waals surface area contributed by atoms with Gasteiger partial charge in [-0.25, -0.2) is 0 Å². The predicted molar refractivity (Wildman–Crippen MR) is 96.8 cm³/mol. The number of ketones is 1. The van der Waals surface area contributed by atoms with Crippen LogP contribution >= 0.6 is 0 Å². The summed E-state index contributed by atoms with van der Waals surface area (Å²) in [4.78, 5) is 23.8. The summed E-state index contributed by atoms with van der Waals surface area (Å²) in [6.07, 6.45) is 10.2. The lowest BCUT2D eigenvalue weighted by atomic mass is 9.45. The van der Waals surface area contributed by atoms with Gasteiger partial charge in [0, 0.05) is 11.0 Å². The van der Waals surface area contributed by atoms with Crippen molar-refractivity contribution >= 4 is 12.1 Å². The number of rotatable bonds is 2. The first-order valence-corrected chi connectivity index (χ1v) is 9.97. The molecule has 4 aliphatic carbocycles. The standard InChI is InChI=1S/C22H30O3/c1-4-13-6-8-18-17-7-5-14-9-16(24)10-15(12-23)21(14,2)19(17)11-20(25)22(13,18)3/h9-10,12-13,17-20,25H,4-8,11H2,1-3H3/t13-,17-,18-,19-,20?,21+,22+/m0/s1. The molecule has 0 amide bonds. The van der Waals surface area contributed by atoms with Crippen molar-refractivity contribution in [2.45, 2.75) is 65.4 Å². The maximum absolute atomic E-state index is 12.0. The fourth-order valence-corrected chi connectivity index (χ4v) is 7.27. The van der Waals surface area contributed by atoms with Crippen molar-refractivity contribution in [1.82, 2.24) is 0 Å². The second-order valence-electron chi connectivity index (χ2n) is 9.21. The van der Waals surface area contributed by atoms with Crippen molar-refractivity contribution in [3.63, 3.8) is 0 Å². The van der Waals surface area contributed by atoms with Gasteiger partial charge in [0.15, 0.2) is 5.78 Å². The van der Waals surface area contributed by atoms with E-state index in [1.807, 2.05) is 0 Å². The van der Waals surface area contributed by atoms with Gasteiger partial charge in [-0.05, 0) is 73.3 Å². The van der Waals surface area contributed by atoms with Gasteiger partial charge < -0.3 is 5.11 Å². The minimum Gasteiger partial charge on any atom is -0.393 e. The lowest BCUT2D eigenvalue weighted by molar-refractivity contribution is -0.129. The normalized spacial score (nSPS) is 48.8. The summed E-state index contributed by atoms with van der Waals surface area (Å²) in [5.74, 6) is 1.90. The highest BCUT2D eigenvalue weighted by atomic mass is 16.3. The Balaban J connectivity index is 1.77. The molecule has 0 saturated heterocycles. The number of hydrogen-bond acceptors (Lipinski definition) is 3. The summed E-state index contributed by atoms with van der Waals surface area (Å²) >= 11 is 0. The lowest BCUT2D eigenvalue weighted by Gasteiger charge is -2.59. The van der Waals surface area contributed by atoms with Gasteiger partial charge in [0.1, 0.15) is 6.29 Å². The van der Waals surface area contributed by atoms with Crippen LogP contribution < -0.4 is 0 Å². The first-order chi connectivity index (χ1) is 11.9. The Labute approximate surface area is 150 Å². The summed E-state index contributed by atoms with van der Waals surface area (Å²) in [5, 5.41) is 11.2.